The maximum absolute atomic E-state index is 6.10. The second-order valence-electron chi connectivity index (χ2n) is 5.91. The lowest BCUT2D eigenvalue weighted by atomic mass is 10.1. The summed E-state index contributed by atoms with van der Waals surface area (Å²) in [4.78, 5) is 0. The van der Waals surface area contributed by atoms with Crippen molar-refractivity contribution in [2.75, 3.05) is 0 Å². The molecule has 1 rings (SSSR count). The lowest BCUT2D eigenvalue weighted by Crippen LogP contribution is -2.05. The number of aromatic nitrogens is 2. The quantitative estimate of drug-likeness (QED) is 0.348. The lowest BCUT2D eigenvalue weighted by molar-refractivity contribution is 0.506. The van der Waals surface area contributed by atoms with Crippen LogP contribution in [0.15, 0.2) is 0 Å². The summed E-state index contributed by atoms with van der Waals surface area (Å²) in [5, 5.41) is 4.76. The van der Waals surface area contributed by atoms with Crippen LogP contribution in [-0.2, 0) is 25.3 Å². The van der Waals surface area contributed by atoms with Gasteiger partial charge < -0.3 is 0 Å². The van der Waals surface area contributed by atoms with Crippen molar-refractivity contribution in [1.82, 2.24) is 9.78 Å². The molecule has 0 atom stereocenters. The molecule has 1 aromatic rings. The monoisotopic (exact) mass is 312 g/mol. The summed E-state index contributed by atoms with van der Waals surface area (Å²) >= 11 is 6.10. The SMILES string of the molecule is CCCCCCCCCCn1nc(CC)c(CCl)c1CC. The first-order chi connectivity index (χ1) is 10.3. The molecule has 3 heteroatoms. The maximum Gasteiger partial charge on any atom is 0.0668 e. The molecule has 122 valence electrons. The average Bonchev–Trinajstić information content (AvgIpc) is 2.86. The smallest absolute Gasteiger partial charge is 0.0668 e. The Bertz CT molecular complexity index is 385. The van der Waals surface area contributed by atoms with Gasteiger partial charge in [0.15, 0.2) is 0 Å². The van der Waals surface area contributed by atoms with Gasteiger partial charge in [-0.2, -0.15) is 5.10 Å². The van der Waals surface area contributed by atoms with Crippen LogP contribution in [0.4, 0.5) is 0 Å². The van der Waals surface area contributed by atoms with E-state index < -0.39 is 0 Å². The third kappa shape index (κ3) is 6.02. The number of hydrogen-bond donors (Lipinski definition) is 0. The first-order valence-corrected chi connectivity index (χ1v) is 9.45. The molecule has 0 fully saturated rings. The molecule has 0 radical (unpaired) electrons. The Balaban J connectivity index is 2.33. The standard InChI is InChI=1S/C18H33ClN2/c1-4-7-8-9-10-11-12-13-14-21-18(6-3)16(15-19)17(5-2)20-21/h4-15H2,1-3H3. The minimum atomic E-state index is 0.601. The highest BCUT2D eigenvalue weighted by Crippen LogP contribution is 2.19. The fourth-order valence-electron chi connectivity index (χ4n) is 3.00. The van der Waals surface area contributed by atoms with Crippen LogP contribution < -0.4 is 0 Å². The largest absolute Gasteiger partial charge is 0.269 e. The molecule has 0 unspecified atom stereocenters. The van der Waals surface area contributed by atoms with E-state index >= 15 is 0 Å². The van der Waals surface area contributed by atoms with E-state index in [2.05, 4.69) is 25.5 Å². The fraction of sp³-hybridized carbons (Fsp3) is 0.833. The maximum atomic E-state index is 6.10. The van der Waals surface area contributed by atoms with Gasteiger partial charge in [-0.15, -0.1) is 11.6 Å². The Labute approximate surface area is 136 Å². The number of alkyl halides is 1. The van der Waals surface area contributed by atoms with Crippen LogP contribution >= 0.6 is 11.6 Å². The molecule has 0 saturated heterocycles. The molecule has 0 N–H and O–H groups in total. The van der Waals surface area contributed by atoms with Crippen LogP contribution in [-0.4, -0.2) is 9.78 Å². The van der Waals surface area contributed by atoms with Crippen molar-refractivity contribution in [3.05, 3.63) is 17.0 Å². The highest BCUT2D eigenvalue weighted by molar-refractivity contribution is 6.17. The zero-order valence-corrected chi connectivity index (χ0v) is 15.0. The number of rotatable bonds is 12. The van der Waals surface area contributed by atoms with Crippen LogP contribution in [0.2, 0.25) is 0 Å². The number of unbranched alkanes of at least 4 members (excludes halogenated alkanes) is 7. The summed E-state index contributed by atoms with van der Waals surface area (Å²) in [5.74, 6) is 0.601. The molecule has 0 aromatic carbocycles. The van der Waals surface area contributed by atoms with Gasteiger partial charge in [-0.1, -0.05) is 65.7 Å². The minimum absolute atomic E-state index is 0.601. The summed E-state index contributed by atoms with van der Waals surface area (Å²) in [6.07, 6.45) is 12.9. The van der Waals surface area contributed by atoms with Crippen molar-refractivity contribution in [2.45, 2.75) is 97.4 Å². The summed E-state index contributed by atoms with van der Waals surface area (Å²) in [6.45, 7) is 7.70. The predicted octanol–water partition coefficient (Wildman–Crippen LogP) is 5.89. The van der Waals surface area contributed by atoms with Crippen LogP contribution in [0, 0.1) is 0 Å². The minimum Gasteiger partial charge on any atom is -0.269 e. The average molecular weight is 313 g/mol. The lowest BCUT2D eigenvalue weighted by Gasteiger charge is -2.07. The van der Waals surface area contributed by atoms with Gasteiger partial charge >= 0.3 is 0 Å². The van der Waals surface area contributed by atoms with Crippen molar-refractivity contribution in [1.29, 1.82) is 0 Å². The zero-order valence-electron chi connectivity index (χ0n) is 14.3. The molecule has 0 amide bonds. The first kappa shape index (κ1) is 18.5. The van der Waals surface area contributed by atoms with E-state index in [0.717, 1.165) is 19.4 Å². The molecule has 21 heavy (non-hydrogen) atoms. The topological polar surface area (TPSA) is 17.8 Å². The Hall–Kier alpha value is -0.500. The molecule has 1 aromatic heterocycles. The molecule has 1 heterocycles. The summed E-state index contributed by atoms with van der Waals surface area (Å²) in [7, 11) is 0. The van der Waals surface area contributed by atoms with Crippen molar-refractivity contribution in [2.24, 2.45) is 0 Å². The molecule has 0 bridgehead atoms. The van der Waals surface area contributed by atoms with E-state index in [4.69, 9.17) is 16.7 Å². The van der Waals surface area contributed by atoms with E-state index in [1.807, 2.05) is 0 Å². The Morgan fingerprint density at radius 3 is 2.00 bits per heavy atom. The molecule has 2 nitrogen and oxygen atoms in total. The number of aryl methyl sites for hydroxylation is 2. The van der Waals surface area contributed by atoms with E-state index in [1.165, 1.54) is 68.3 Å². The molecular formula is C18H33ClN2. The third-order valence-corrected chi connectivity index (χ3v) is 4.54. The van der Waals surface area contributed by atoms with Gasteiger partial charge in [-0.3, -0.25) is 4.68 Å². The van der Waals surface area contributed by atoms with Gasteiger partial charge in [-0.05, 0) is 19.3 Å². The normalized spacial score (nSPS) is 11.2. The number of nitrogens with zero attached hydrogens (tertiary/aromatic N) is 2. The van der Waals surface area contributed by atoms with E-state index in [1.54, 1.807) is 0 Å². The van der Waals surface area contributed by atoms with Crippen LogP contribution in [0.25, 0.3) is 0 Å². The van der Waals surface area contributed by atoms with Gasteiger partial charge in [0.25, 0.3) is 0 Å². The number of hydrogen-bond acceptors (Lipinski definition) is 1. The van der Waals surface area contributed by atoms with Gasteiger partial charge in [-0.25, -0.2) is 0 Å². The summed E-state index contributed by atoms with van der Waals surface area (Å²) in [6, 6.07) is 0. The molecule has 0 spiro atoms. The van der Waals surface area contributed by atoms with Crippen molar-refractivity contribution in [3.63, 3.8) is 0 Å². The van der Waals surface area contributed by atoms with Crippen molar-refractivity contribution in [3.8, 4) is 0 Å². The van der Waals surface area contributed by atoms with E-state index in [-0.39, 0.29) is 0 Å². The summed E-state index contributed by atoms with van der Waals surface area (Å²) < 4.78 is 2.22. The third-order valence-electron chi connectivity index (χ3n) is 4.28. The molecule has 0 aliphatic carbocycles. The van der Waals surface area contributed by atoms with Crippen LogP contribution in [0.3, 0.4) is 0 Å². The van der Waals surface area contributed by atoms with Gasteiger partial charge in [0.2, 0.25) is 0 Å². The second kappa shape index (κ2) is 11.1. The van der Waals surface area contributed by atoms with Gasteiger partial charge in [0, 0.05) is 17.8 Å². The fourth-order valence-corrected chi connectivity index (χ4v) is 3.31. The van der Waals surface area contributed by atoms with E-state index in [9.17, 15) is 0 Å². The second-order valence-corrected chi connectivity index (χ2v) is 6.18. The van der Waals surface area contributed by atoms with Gasteiger partial charge in [0.1, 0.15) is 0 Å². The molecule has 0 saturated carbocycles. The van der Waals surface area contributed by atoms with Gasteiger partial charge in [0.05, 0.1) is 11.6 Å². The van der Waals surface area contributed by atoms with Crippen LogP contribution in [0.5, 0.6) is 0 Å². The highest BCUT2D eigenvalue weighted by Gasteiger charge is 2.13. The highest BCUT2D eigenvalue weighted by atomic mass is 35.5. The molecule has 0 aliphatic heterocycles. The van der Waals surface area contributed by atoms with Crippen LogP contribution in [0.1, 0.15) is 89.1 Å². The molecular weight excluding hydrogens is 280 g/mol. The summed E-state index contributed by atoms with van der Waals surface area (Å²) in [5.41, 5.74) is 3.83. The van der Waals surface area contributed by atoms with Crippen molar-refractivity contribution >= 4 is 11.6 Å². The van der Waals surface area contributed by atoms with E-state index in [0.29, 0.717) is 5.88 Å². The molecule has 0 aliphatic rings. The Morgan fingerprint density at radius 2 is 1.48 bits per heavy atom. The Kier molecular flexibility index (Phi) is 9.82. The zero-order chi connectivity index (χ0) is 15.5. The predicted molar refractivity (Wildman–Crippen MR) is 93.2 cm³/mol. The Morgan fingerprint density at radius 1 is 0.857 bits per heavy atom. The first-order valence-electron chi connectivity index (χ1n) is 8.91. The van der Waals surface area contributed by atoms with Crippen molar-refractivity contribution < 1.29 is 0 Å². The number of halogens is 1.